The summed E-state index contributed by atoms with van der Waals surface area (Å²) in [6.07, 6.45) is -0.874. The van der Waals surface area contributed by atoms with Gasteiger partial charge in [0.1, 0.15) is 23.5 Å². The fourth-order valence-electron chi connectivity index (χ4n) is 3.74. The van der Waals surface area contributed by atoms with Crippen LogP contribution in [0, 0.1) is 0 Å². The number of ether oxygens (including phenoxy) is 3. The van der Waals surface area contributed by atoms with Crippen LogP contribution in [0.1, 0.15) is 31.9 Å². The highest BCUT2D eigenvalue weighted by molar-refractivity contribution is 5.74. The highest BCUT2D eigenvalue weighted by Crippen LogP contribution is 2.43. The van der Waals surface area contributed by atoms with E-state index in [0.29, 0.717) is 17.6 Å². The molecule has 4 atom stereocenters. The molecule has 2 fully saturated rings. The van der Waals surface area contributed by atoms with Crippen LogP contribution in [0.25, 0.3) is 5.52 Å². The van der Waals surface area contributed by atoms with Gasteiger partial charge in [-0.3, -0.25) is 9.59 Å². The van der Waals surface area contributed by atoms with Crippen molar-refractivity contribution in [2.24, 2.45) is 0 Å². The van der Waals surface area contributed by atoms with E-state index in [1.165, 1.54) is 6.33 Å². The Balaban J connectivity index is 1.83. The third kappa shape index (κ3) is 2.81. The molecule has 0 spiro atoms. The smallest absolute Gasteiger partial charge is 0.306 e. The number of esters is 2. The maximum absolute atomic E-state index is 12.2. The number of nitrogen functional groups attached to an aromatic ring is 1. The molecule has 0 aliphatic carbocycles. The summed E-state index contributed by atoms with van der Waals surface area (Å²) < 4.78 is 18.8. The van der Waals surface area contributed by atoms with Crippen LogP contribution in [0.15, 0.2) is 18.5 Å². The van der Waals surface area contributed by atoms with Crippen molar-refractivity contribution < 1.29 is 28.9 Å². The van der Waals surface area contributed by atoms with Crippen LogP contribution in [0.2, 0.25) is 0 Å². The molecular formula is C17H20N4O6. The number of carbonyl (C=O) groups excluding carboxylic acids is 2. The van der Waals surface area contributed by atoms with Gasteiger partial charge in [0.15, 0.2) is 18.0 Å². The maximum atomic E-state index is 12.2. The summed E-state index contributed by atoms with van der Waals surface area (Å²) in [6.45, 7) is 1.31. The number of aliphatic hydroxyl groups excluding tert-OH is 1. The quantitative estimate of drug-likeness (QED) is 0.689. The third-order valence-electron chi connectivity index (χ3n) is 5.06. The lowest BCUT2D eigenvalue weighted by molar-refractivity contribution is -0.168. The van der Waals surface area contributed by atoms with Gasteiger partial charge in [-0.25, -0.2) is 9.50 Å². The number of carbonyl (C=O) groups is 2. The van der Waals surface area contributed by atoms with E-state index in [-0.39, 0.29) is 18.7 Å². The van der Waals surface area contributed by atoms with Crippen LogP contribution in [-0.2, 0) is 29.4 Å². The van der Waals surface area contributed by atoms with E-state index < -0.39 is 42.5 Å². The Hall–Kier alpha value is -2.72. The molecule has 2 aliphatic rings. The number of aromatic nitrogens is 3. The van der Waals surface area contributed by atoms with Gasteiger partial charge >= 0.3 is 11.9 Å². The van der Waals surface area contributed by atoms with E-state index in [4.69, 9.17) is 19.9 Å². The molecule has 2 aromatic heterocycles. The first-order valence-corrected chi connectivity index (χ1v) is 8.70. The Labute approximate surface area is 154 Å². The second kappa shape index (κ2) is 6.46. The van der Waals surface area contributed by atoms with Gasteiger partial charge in [-0.1, -0.05) is 0 Å². The van der Waals surface area contributed by atoms with Crippen molar-refractivity contribution in [3.05, 3.63) is 24.2 Å². The first-order chi connectivity index (χ1) is 12.9. The third-order valence-corrected chi connectivity index (χ3v) is 5.06. The largest absolute Gasteiger partial charge is 0.455 e. The Kier molecular flexibility index (Phi) is 4.23. The summed E-state index contributed by atoms with van der Waals surface area (Å²) in [7, 11) is 0. The van der Waals surface area contributed by atoms with Gasteiger partial charge in [0, 0.05) is 12.8 Å². The van der Waals surface area contributed by atoms with Crippen molar-refractivity contribution in [1.82, 2.24) is 14.6 Å². The zero-order valence-corrected chi connectivity index (χ0v) is 14.7. The van der Waals surface area contributed by atoms with Gasteiger partial charge in [-0.2, -0.15) is 5.10 Å². The topological polar surface area (TPSA) is 138 Å². The van der Waals surface area contributed by atoms with E-state index in [1.54, 1.807) is 23.6 Å². The lowest BCUT2D eigenvalue weighted by Crippen LogP contribution is -2.44. The molecule has 144 valence electrons. The van der Waals surface area contributed by atoms with Crippen molar-refractivity contribution in [2.75, 3.05) is 12.3 Å². The SMILES string of the molecule is C[C@@]1(c2ccc3c(N)ncnn23)O[C@H](CO)[C@H]2OC(=O)CCCC(=O)O[C@H]21. The van der Waals surface area contributed by atoms with Crippen LogP contribution in [0.4, 0.5) is 5.82 Å². The summed E-state index contributed by atoms with van der Waals surface area (Å²) in [5, 5.41) is 14.0. The summed E-state index contributed by atoms with van der Waals surface area (Å²) in [4.78, 5) is 28.3. The number of anilines is 1. The average Bonchev–Trinajstić information content (AvgIpc) is 3.19. The molecule has 2 aromatic rings. The number of nitrogens with two attached hydrogens (primary N) is 1. The lowest BCUT2D eigenvalue weighted by atomic mass is 9.92. The monoisotopic (exact) mass is 376 g/mol. The predicted molar refractivity (Wildman–Crippen MR) is 90.3 cm³/mol. The van der Waals surface area contributed by atoms with Crippen molar-refractivity contribution in [3.63, 3.8) is 0 Å². The second-order valence-corrected chi connectivity index (χ2v) is 6.83. The molecule has 0 bridgehead atoms. The molecule has 3 N–H and O–H groups in total. The minimum atomic E-state index is -1.22. The molecule has 0 amide bonds. The minimum absolute atomic E-state index is 0.0994. The summed E-state index contributed by atoms with van der Waals surface area (Å²) in [5.41, 5.74) is 5.78. The fraction of sp³-hybridized carbons (Fsp3) is 0.529. The molecule has 2 saturated heterocycles. The van der Waals surface area contributed by atoms with Crippen LogP contribution in [0.3, 0.4) is 0 Å². The van der Waals surface area contributed by atoms with E-state index in [0.717, 1.165) is 0 Å². The van der Waals surface area contributed by atoms with Gasteiger partial charge in [0.2, 0.25) is 0 Å². The molecular weight excluding hydrogens is 356 g/mol. The number of hydrogen-bond donors (Lipinski definition) is 2. The number of nitrogens with zero attached hydrogens (tertiary/aromatic N) is 3. The van der Waals surface area contributed by atoms with Gasteiger partial charge < -0.3 is 25.1 Å². The Morgan fingerprint density at radius 1 is 1.30 bits per heavy atom. The van der Waals surface area contributed by atoms with E-state index in [2.05, 4.69) is 10.1 Å². The number of rotatable bonds is 2. The summed E-state index contributed by atoms with van der Waals surface area (Å²) in [6, 6.07) is 3.46. The minimum Gasteiger partial charge on any atom is -0.455 e. The van der Waals surface area contributed by atoms with Gasteiger partial charge in [-0.15, -0.1) is 0 Å². The maximum Gasteiger partial charge on any atom is 0.306 e. The molecule has 2 aliphatic heterocycles. The molecule has 0 saturated carbocycles. The standard InChI is InChI=1S/C17H20N4O6/c1-17(11-6-5-9-16(18)19-8-20-21(9)11)15-14(10(7-22)27-17)25-12(23)3-2-4-13(24)26-15/h5-6,8,10,14-15,22H,2-4,7H2,1H3,(H2,18,19,20)/t10-,14-,15-,17+/m1/s1. The van der Waals surface area contributed by atoms with E-state index in [9.17, 15) is 14.7 Å². The first-order valence-electron chi connectivity index (χ1n) is 8.70. The van der Waals surface area contributed by atoms with Gasteiger partial charge in [-0.05, 0) is 25.5 Å². The predicted octanol–water partition coefficient (Wildman–Crippen LogP) is -0.0747. The first kappa shape index (κ1) is 17.7. The van der Waals surface area contributed by atoms with Crippen LogP contribution in [-0.4, -0.2) is 56.6 Å². The Bertz CT molecular complexity index is 899. The highest BCUT2D eigenvalue weighted by atomic mass is 16.6. The molecule has 0 unspecified atom stereocenters. The zero-order valence-electron chi connectivity index (χ0n) is 14.7. The summed E-state index contributed by atoms with van der Waals surface area (Å²) in [5.74, 6) is -0.626. The van der Waals surface area contributed by atoms with Crippen LogP contribution >= 0.6 is 0 Å². The van der Waals surface area contributed by atoms with Crippen molar-refractivity contribution in [1.29, 1.82) is 0 Å². The Morgan fingerprint density at radius 2 is 2.04 bits per heavy atom. The number of fused-ring (bicyclic) bond motifs is 2. The Morgan fingerprint density at radius 3 is 2.78 bits per heavy atom. The molecule has 0 radical (unpaired) electrons. The zero-order chi connectivity index (χ0) is 19.2. The lowest BCUT2D eigenvalue weighted by Gasteiger charge is -2.30. The molecule has 4 rings (SSSR count). The summed E-state index contributed by atoms with van der Waals surface area (Å²) >= 11 is 0. The second-order valence-electron chi connectivity index (χ2n) is 6.83. The molecule has 0 aromatic carbocycles. The van der Waals surface area contributed by atoms with Crippen LogP contribution in [0.5, 0.6) is 0 Å². The van der Waals surface area contributed by atoms with Crippen molar-refractivity contribution >= 4 is 23.3 Å². The van der Waals surface area contributed by atoms with Crippen LogP contribution < -0.4 is 5.73 Å². The number of aliphatic hydroxyl groups is 1. The normalized spacial score (nSPS) is 31.6. The molecule has 27 heavy (non-hydrogen) atoms. The number of hydrogen-bond acceptors (Lipinski definition) is 9. The fourth-order valence-corrected chi connectivity index (χ4v) is 3.74. The van der Waals surface area contributed by atoms with Gasteiger partial charge in [0.25, 0.3) is 0 Å². The average molecular weight is 376 g/mol. The molecule has 4 heterocycles. The van der Waals surface area contributed by atoms with E-state index in [1.807, 2.05) is 0 Å². The highest BCUT2D eigenvalue weighted by Gasteiger charge is 2.58. The molecule has 10 heteroatoms. The van der Waals surface area contributed by atoms with Gasteiger partial charge in [0.05, 0.1) is 12.3 Å². The van der Waals surface area contributed by atoms with Crippen molar-refractivity contribution in [2.45, 2.75) is 50.1 Å². The van der Waals surface area contributed by atoms with Crippen molar-refractivity contribution in [3.8, 4) is 0 Å². The molecule has 10 nitrogen and oxygen atoms in total. The van der Waals surface area contributed by atoms with E-state index >= 15 is 0 Å².